The number of hydrogen-bond acceptors (Lipinski definition) is 2. The lowest BCUT2D eigenvalue weighted by Gasteiger charge is -2.23. The minimum absolute atomic E-state index is 0.196. The number of aromatic nitrogens is 2. The Kier molecular flexibility index (Phi) is 5.19. The van der Waals surface area contributed by atoms with E-state index in [2.05, 4.69) is 37.2 Å². The number of hydrogen-bond donors (Lipinski definition) is 3. The summed E-state index contributed by atoms with van der Waals surface area (Å²) in [6.45, 7) is 2.98. The number of carboxylic acids is 1. The van der Waals surface area contributed by atoms with E-state index >= 15 is 0 Å². The van der Waals surface area contributed by atoms with Crippen LogP contribution in [-0.4, -0.2) is 58.9 Å². The van der Waals surface area contributed by atoms with Crippen molar-refractivity contribution < 1.29 is 14.4 Å². The van der Waals surface area contributed by atoms with Gasteiger partial charge in [-0.2, -0.15) is 0 Å². The number of rotatable bonds is 7. The molecule has 3 rings (SSSR count). The second-order valence-corrected chi connectivity index (χ2v) is 7.98. The Labute approximate surface area is 159 Å². The molecular formula is C21H27N4O2+. The van der Waals surface area contributed by atoms with E-state index in [0.717, 1.165) is 52.2 Å². The van der Waals surface area contributed by atoms with Crippen molar-refractivity contribution in [3.8, 4) is 0 Å². The third kappa shape index (κ3) is 4.65. The molecule has 1 aliphatic rings. The van der Waals surface area contributed by atoms with Crippen molar-refractivity contribution in [3.05, 3.63) is 64.4 Å². The summed E-state index contributed by atoms with van der Waals surface area (Å²) in [5, 5.41) is 9.20. The Bertz CT molecular complexity index is 922. The van der Waals surface area contributed by atoms with E-state index in [1.54, 1.807) is 6.07 Å². The first kappa shape index (κ1) is 18.9. The second kappa shape index (κ2) is 7.40. The fourth-order valence-electron chi connectivity index (χ4n) is 3.15. The van der Waals surface area contributed by atoms with Gasteiger partial charge in [0.25, 0.3) is 0 Å². The zero-order chi connectivity index (χ0) is 19.6. The summed E-state index contributed by atoms with van der Waals surface area (Å²) < 4.78 is 0.925. The molecule has 142 valence electrons. The van der Waals surface area contributed by atoms with Gasteiger partial charge in [0, 0.05) is 18.3 Å². The van der Waals surface area contributed by atoms with Crippen LogP contribution in [0.25, 0.3) is 6.08 Å². The molecule has 2 aromatic rings. The molecule has 3 heterocycles. The number of aromatic carboxylic acids is 1. The molecule has 0 aromatic carbocycles. The number of carbonyl (C=O) groups is 1. The Morgan fingerprint density at radius 3 is 2.70 bits per heavy atom. The molecule has 27 heavy (non-hydrogen) atoms. The van der Waals surface area contributed by atoms with Gasteiger partial charge in [0.15, 0.2) is 0 Å². The average Bonchev–Trinajstić information content (AvgIpc) is 3.28. The minimum Gasteiger partial charge on any atom is -0.477 e. The number of carboxylic acid groups (broad SMARTS) is 1. The highest BCUT2D eigenvalue weighted by Gasteiger charge is 2.18. The highest BCUT2D eigenvalue weighted by atomic mass is 16.4. The van der Waals surface area contributed by atoms with Crippen LogP contribution in [0.3, 0.4) is 0 Å². The fourth-order valence-corrected chi connectivity index (χ4v) is 3.15. The lowest BCUT2D eigenvalue weighted by Crippen LogP contribution is -2.35. The average molecular weight is 367 g/mol. The molecular weight excluding hydrogens is 340 g/mol. The largest absolute Gasteiger partial charge is 0.477 e. The van der Waals surface area contributed by atoms with Gasteiger partial charge in [-0.15, -0.1) is 0 Å². The molecule has 0 saturated carbocycles. The fraction of sp³-hybridized carbons (Fsp3) is 0.333. The SMILES string of the molecule is Cc1cc(C(=O)O)[nH]c1C=C1N=C(c2ccc[nH]2)C=C1CCC[N+](C)(C)C. The topological polar surface area (TPSA) is 81.2 Å². The molecule has 0 unspecified atom stereocenters. The summed E-state index contributed by atoms with van der Waals surface area (Å²) in [5.41, 5.74) is 5.85. The normalized spacial score (nSPS) is 15.9. The van der Waals surface area contributed by atoms with Crippen LogP contribution in [0.4, 0.5) is 0 Å². The molecule has 0 fully saturated rings. The second-order valence-electron chi connectivity index (χ2n) is 7.98. The molecule has 1 aliphatic heterocycles. The van der Waals surface area contributed by atoms with E-state index < -0.39 is 5.97 Å². The Hall–Kier alpha value is -2.86. The van der Waals surface area contributed by atoms with Gasteiger partial charge in [0.2, 0.25) is 0 Å². The molecule has 6 nitrogen and oxygen atoms in total. The molecule has 0 radical (unpaired) electrons. The molecule has 0 bridgehead atoms. The molecule has 6 heteroatoms. The van der Waals surface area contributed by atoms with Gasteiger partial charge in [0.05, 0.1) is 44.8 Å². The van der Waals surface area contributed by atoms with E-state index in [1.165, 1.54) is 5.57 Å². The summed E-state index contributed by atoms with van der Waals surface area (Å²) in [6.07, 6.45) is 7.96. The van der Waals surface area contributed by atoms with E-state index in [-0.39, 0.29) is 5.69 Å². The summed E-state index contributed by atoms with van der Waals surface area (Å²) >= 11 is 0. The predicted molar refractivity (Wildman–Crippen MR) is 108 cm³/mol. The standard InChI is InChI=1S/C21H26N4O2/c1-14-11-20(21(26)27)23-17(14)13-18-15(7-6-10-25(2,3)4)12-19(24-18)16-8-5-9-22-16/h5,8-9,11-13H,6-7,10H2,1-4H3,(H2-,22,23,24,26,27)/p+1. The minimum atomic E-state index is -0.955. The van der Waals surface area contributed by atoms with Crippen molar-refractivity contribution in [3.63, 3.8) is 0 Å². The molecule has 0 amide bonds. The number of nitrogens with one attached hydrogen (secondary N) is 2. The maximum Gasteiger partial charge on any atom is 0.352 e. The summed E-state index contributed by atoms with van der Waals surface area (Å²) in [6, 6.07) is 5.61. The van der Waals surface area contributed by atoms with E-state index in [9.17, 15) is 9.90 Å². The lowest BCUT2D eigenvalue weighted by molar-refractivity contribution is -0.870. The molecule has 2 aromatic heterocycles. The van der Waals surface area contributed by atoms with Crippen LogP contribution in [0.5, 0.6) is 0 Å². The number of aliphatic imine (C=N–C) groups is 1. The summed E-state index contributed by atoms with van der Waals surface area (Å²) in [7, 11) is 6.57. The van der Waals surface area contributed by atoms with Gasteiger partial charge in [0.1, 0.15) is 5.69 Å². The van der Waals surface area contributed by atoms with E-state index in [0.29, 0.717) is 0 Å². The number of quaternary nitrogens is 1. The predicted octanol–water partition coefficient (Wildman–Crippen LogP) is 3.61. The highest BCUT2D eigenvalue weighted by molar-refractivity contribution is 6.11. The lowest BCUT2D eigenvalue weighted by atomic mass is 10.1. The van der Waals surface area contributed by atoms with Gasteiger partial charge < -0.3 is 19.6 Å². The quantitative estimate of drug-likeness (QED) is 0.654. The van der Waals surface area contributed by atoms with Crippen LogP contribution in [0.15, 0.2) is 46.7 Å². The first-order chi connectivity index (χ1) is 12.7. The van der Waals surface area contributed by atoms with Crippen LogP contribution in [0, 0.1) is 6.92 Å². The molecule has 0 atom stereocenters. The van der Waals surface area contributed by atoms with E-state index in [4.69, 9.17) is 4.99 Å². The molecule has 0 saturated heterocycles. The third-order valence-corrected chi connectivity index (χ3v) is 4.60. The van der Waals surface area contributed by atoms with Gasteiger partial charge in [-0.1, -0.05) is 0 Å². The van der Waals surface area contributed by atoms with Gasteiger partial charge in [-0.3, -0.25) is 0 Å². The third-order valence-electron chi connectivity index (χ3n) is 4.60. The van der Waals surface area contributed by atoms with Crippen molar-refractivity contribution in [2.24, 2.45) is 4.99 Å². The zero-order valence-electron chi connectivity index (χ0n) is 16.3. The number of H-pyrrole nitrogens is 2. The number of allylic oxidation sites excluding steroid dienone is 2. The van der Waals surface area contributed by atoms with Crippen LogP contribution in [0.2, 0.25) is 0 Å². The van der Waals surface area contributed by atoms with Crippen molar-refractivity contribution in [1.29, 1.82) is 0 Å². The summed E-state index contributed by atoms with van der Waals surface area (Å²) in [4.78, 5) is 22.2. The van der Waals surface area contributed by atoms with Gasteiger partial charge >= 0.3 is 5.97 Å². The Morgan fingerprint density at radius 2 is 2.11 bits per heavy atom. The number of aromatic amines is 2. The molecule has 0 spiro atoms. The first-order valence-corrected chi connectivity index (χ1v) is 9.11. The smallest absolute Gasteiger partial charge is 0.352 e. The number of nitrogens with zero attached hydrogens (tertiary/aromatic N) is 2. The highest BCUT2D eigenvalue weighted by Crippen LogP contribution is 2.28. The van der Waals surface area contributed by atoms with Crippen LogP contribution >= 0.6 is 0 Å². The zero-order valence-corrected chi connectivity index (χ0v) is 16.3. The van der Waals surface area contributed by atoms with Crippen LogP contribution in [0.1, 0.15) is 40.3 Å². The van der Waals surface area contributed by atoms with Gasteiger partial charge in [-0.05, 0) is 54.8 Å². The maximum atomic E-state index is 11.2. The van der Waals surface area contributed by atoms with Gasteiger partial charge in [-0.25, -0.2) is 9.79 Å². The first-order valence-electron chi connectivity index (χ1n) is 9.11. The Balaban J connectivity index is 1.89. The van der Waals surface area contributed by atoms with Crippen molar-refractivity contribution in [2.45, 2.75) is 19.8 Å². The Morgan fingerprint density at radius 1 is 1.33 bits per heavy atom. The van der Waals surface area contributed by atoms with Crippen LogP contribution < -0.4 is 0 Å². The molecule has 3 N–H and O–H groups in total. The monoisotopic (exact) mass is 367 g/mol. The summed E-state index contributed by atoms with van der Waals surface area (Å²) in [5.74, 6) is -0.955. The maximum absolute atomic E-state index is 11.2. The molecule has 0 aliphatic carbocycles. The van der Waals surface area contributed by atoms with Crippen LogP contribution in [-0.2, 0) is 0 Å². The van der Waals surface area contributed by atoms with E-state index in [1.807, 2.05) is 31.3 Å². The van der Waals surface area contributed by atoms with Crippen molar-refractivity contribution in [2.75, 3.05) is 27.7 Å². The number of aryl methyl sites for hydroxylation is 1. The van der Waals surface area contributed by atoms with Crippen molar-refractivity contribution >= 4 is 17.8 Å². The van der Waals surface area contributed by atoms with Crippen molar-refractivity contribution in [1.82, 2.24) is 9.97 Å².